The van der Waals surface area contributed by atoms with Crippen LogP contribution in [0, 0.1) is 5.92 Å². The first-order chi connectivity index (χ1) is 18.3. The molecule has 1 atom stereocenters. The van der Waals surface area contributed by atoms with Crippen molar-refractivity contribution >= 4 is 23.4 Å². The van der Waals surface area contributed by atoms with E-state index in [0.29, 0.717) is 35.2 Å². The van der Waals surface area contributed by atoms with Crippen LogP contribution in [0.1, 0.15) is 25.0 Å². The van der Waals surface area contributed by atoms with Gasteiger partial charge in [-0.15, -0.1) is 0 Å². The van der Waals surface area contributed by atoms with Crippen molar-refractivity contribution in [2.45, 2.75) is 32.9 Å². The molecule has 0 radical (unpaired) electrons. The highest BCUT2D eigenvalue weighted by Gasteiger charge is 2.31. The zero-order valence-corrected chi connectivity index (χ0v) is 23.0. The number of nitrogens with zero attached hydrogens (tertiary/aromatic N) is 1. The van der Waals surface area contributed by atoms with Gasteiger partial charge in [0.1, 0.15) is 23.3 Å². The average Bonchev–Trinajstić information content (AvgIpc) is 2.92. The topological polar surface area (TPSA) is 77.1 Å². The Balaban J connectivity index is 1.91. The smallest absolute Gasteiger partial charge is 0.261 e. The number of hydrogen-bond donors (Lipinski definition) is 1. The largest absolute Gasteiger partial charge is 0.496 e. The molecule has 0 saturated carbocycles. The molecule has 0 aliphatic heterocycles. The molecule has 3 rings (SSSR count). The highest BCUT2D eigenvalue weighted by molar-refractivity contribution is 6.30. The van der Waals surface area contributed by atoms with Crippen LogP contribution in [-0.4, -0.2) is 50.1 Å². The van der Waals surface area contributed by atoms with Gasteiger partial charge >= 0.3 is 0 Å². The molecule has 0 spiro atoms. The lowest BCUT2D eigenvalue weighted by Gasteiger charge is -2.31. The fourth-order valence-corrected chi connectivity index (χ4v) is 4.11. The number of hydrogen-bond acceptors (Lipinski definition) is 5. The molecule has 8 heteroatoms. The van der Waals surface area contributed by atoms with Crippen molar-refractivity contribution in [3.05, 3.63) is 88.9 Å². The predicted octanol–water partition coefficient (Wildman–Crippen LogP) is 5.15. The van der Waals surface area contributed by atoms with E-state index in [1.807, 2.05) is 56.3 Å². The molecule has 0 heterocycles. The highest BCUT2D eigenvalue weighted by atomic mass is 35.5. The second-order valence-electron chi connectivity index (χ2n) is 9.33. The van der Waals surface area contributed by atoms with Crippen molar-refractivity contribution in [3.63, 3.8) is 0 Å². The molecule has 0 fully saturated rings. The molecule has 0 aliphatic rings. The zero-order valence-electron chi connectivity index (χ0n) is 22.3. The lowest BCUT2D eigenvalue weighted by molar-refractivity contribution is -0.142. The molecule has 202 valence electrons. The van der Waals surface area contributed by atoms with Gasteiger partial charge in [-0.1, -0.05) is 67.9 Å². The van der Waals surface area contributed by atoms with Crippen LogP contribution >= 0.6 is 11.6 Å². The van der Waals surface area contributed by atoms with E-state index in [2.05, 4.69) is 5.32 Å². The van der Waals surface area contributed by atoms with E-state index in [1.165, 1.54) is 0 Å². The first kappa shape index (κ1) is 28.9. The average molecular weight is 539 g/mol. The third-order valence-corrected chi connectivity index (χ3v) is 6.12. The van der Waals surface area contributed by atoms with Gasteiger partial charge in [-0.3, -0.25) is 9.59 Å². The van der Waals surface area contributed by atoms with Gasteiger partial charge in [0.15, 0.2) is 6.61 Å². The Hall–Kier alpha value is -3.71. The Bertz CT molecular complexity index is 1180. The number of nitrogens with one attached hydrogen (secondary N) is 1. The number of carbonyl (C=O) groups excluding carboxylic acids is 2. The summed E-state index contributed by atoms with van der Waals surface area (Å²) in [5, 5.41) is 3.56. The number of carbonyl (C=O) groups is 2. The van der Waals surface area contributed by atoms with Crippen LogP contribution in [0.3, 0.4) is 0 Å². The van der Waals surface area contributed by atoms with Crippen LogP contribution in [0.2, 0.25) is 5.02 Å². The molecule has 0 unspecified atom stereocenters. The summed E-state index contributed by atoms with van der Waals surface area (Å²) < 4.78 is 16.5. The van der Waals surface area contributed by atoms with Gasteiger partial charge in [0, 0.05) is 42.7 Å². The van der Waals surface area contributed by atoms with Crippen molar-refractivity contribution in [1.29, 1.82) is 0 Å². The van der Waals surface area contributed by atoms with Gasteiger partial charge in [0.25, 0.3) is 5.91 Å². The quantitative estimate of drug-likeness (QED) is 0.326. The number of benzene rings is 3. The maximum Gasteiger partial charge on any atom is 0.261 e. The molecule has 3 aromatic rings. The van der Waals surface area contributed by atoms with Gasteiger partial charge < -0.3 is 24.4 Å². The number of rotatable bonds is 13. The van der Waals surface area contributed by atoms with Crippen LogP contribution in [0.4, 0.5) is 0 Å². The fourth-order valence-electron chi connectivity index (χ4n) is 3.90. The molecule has 3 aromatic carbocycles. The predicted molar refractivity (Wildman–Crippen MR) is 149 cm³/mol. The van der Waals surface area contributed by atoms with Crippen LogP contribution in [0.5, 0.6) is 17.2 Å². The summed E-state index contributed by atoms with van der Waals surface area (Å²) in [5.74, 6) is 1.20. The summed E-state index contributed by atoms with van der Waals surface area (Å²) >= 11 is 6.23. The molecular weight excluding hydrogens is 504 g/mol. The number of ether oxygens (including phenoxy) is 3. The molecule has 1 N–H and O–H groups in total. The van der Waals surface area contributed by atoms with Crippen LogP contribution in [-0.2, 0) is 22.6 Å². The van der Waals surface area contributed by atoms with E-state index < -0.39 is 6.04 Å². The summed E-state index contributed by atoms with van der Waals surface area (Å²) in [7, 11) is 3.08. The molecule has 2 amide bonds. The monoisotopic (exact) mass is 538 g/mol. The van der Waals surface area contributed by atoms with E-state index in [4.69, 9.17) is 25.8 Å². The lowest BCUT2D eigenvalue weighted by Crippen LogP contribution is -2.52. The minimum absolute atomic E-state index is 0.191. The fraction of sp³-hybridized carbons (Fsp3) is 0.333. The maximum atomic E-state index is 13.7. The van der Waals surface area contributed by atoms with E-state index in [-0.39, 0.29) is 30.9 Å². The van der Waals surface area contributed by atoms with Gasteiger partial charge in [0.2, 0.25) is 5.91 Å². The summed E-state index contributed by atoms with van der Waals surface area (Å²) in [4.78, 5) is 28.8. The first-order valence-corrected chi connectivity index (χ1v) is 12.9. The second kappa shape index (κ2) is 14.3. The molecule has 38 heavy (non-hydrogen) atoms. The van der Waals surface area contributed by atoms with Gasteiger partial charge in [-0.05, 0) is 29.2 Å². The summed E-state index contributed by atoms with van der Waals surface area (Å²) in [6, 6.07) is 21.2. The lowest BCUT2D eigenvalue weighted by atomic mass is 10.0. The van der Waals surface area contributed by atoms with Crippen LogP contribution in [0.25, 0.3) is 0 Å². The minimum atomic E-state index is -0.758. The molecular formula is C30H35ClN2O5. The molecule has 0 bridgehead atoms. The van der Waals surface area contributed by atoms with Crippen molar-refractivity contribution < 1.29 is 23.8 Å². The highest BCUT2D eigenvalue weighted by Crippen LogP contribution is 2.27. The Morgan fingerprint density at radius 2 is 1.50 bits per heavy atom. The summed E-state index contributed by atoms with van der Waals surface area (Å²) in [5.41, 5.74) is 1.75. The van der Waals surface area contributed by atoms with Gasteiger partial charge in [-0.25, -0.2) is 0 Å². The van der Waals surface area contributed by atoms with E-state index in [0.717, 1.165) is 11.1 Å². The zero-order chi connectivity index (χ0) is 27.5. The molecule has 0 aromatic heterocycles. The van der Waals surface area contributed by atoms with Gasteiger partial charge in [-0.2, -0.15) is 0 Å². The Kier molecular flexibility index (Phi) is 10.8. The SMILES string of the molecule is COc1cc(OC)cc(OCC(=O)N(Cc2cccc(Cl)c2)[C@@H](Cc2ccccc2)C(=O)NCC(C)C)c1. The molecule has 0 aliphatic carbocycles. The summed E-state index contributed by atoms with van der Waals surface area (Å²) in [6.07, 6.45) is 0.351. The number of amides is 2. The summed E-state index contributed by atoms with van der Waals surface area (Å²) in [6.45, 7) is 4.47. The van der Waals surface area contributed by atoms with E-state index >= 15 is 0 Å². The third kappa shape index (κ3) is 8.70. The third-order valence-electron chi connectivity index (χ3n) is 5.88. The van der Waals surface area contributed by atoms with Crippen LogP contribution in [0.15, 0.2) is 72.8 Å². The molecule has 0 saturated heterocycles. The van der Waals surface area contributed by atoms with E-state index in [1.54, 1.807) is 49.5 Å². The maximum absolute atomic E-state index is 13.7. The second-order valence-corrected chi connectivity index (χ2v) is 9.77. The minimum Gasteiger partial charge on any atom is -0.496 e. The number of methoxy groups -OCH3 is 2. The number of halogens is 1. The normalized spacial score (nSPS) is 11.5. The Labute approximate surface area is 229 Å². The van der Waals surface area contributed by atoms with Crippen molar-refractivity contribution in [2.24, 2.45) is 5.92 Å². The van der Waals surface area contributed by atoms with Gasteiger partial charge in [0.05, 0.1) is 14.2 Å². The standard InChI is InChI=1S/C30H35ClN2O5/c1-21(2)18-32-30(35)28(14-22-9-6-5-7-10-22)33(19-23-11-8-12-24(31)13-23)29(34)20-38-27-16-25(36-3)15-26(17-27)37-4/h5-13,15-17,21,28H,14,18-20H2,1-4H3,(H,32,35)/t28-/m0/s1. The van der Waals surface area contributed by atoms with Crippen molar-refractivity contribution in [1.82, 2.24) is 10.2 Å². The van der Waals surface area contributed by atoms with Crippen molar-refractivity contribution in [2.75, 3.05) is 27.4 Å². The Morgan fingerprint density at radius 3 is 2.11 bits per heavy atom. The Morgan fingerprint density at radius 1 is 0.868 bits per heavy atom. The molecule has 7 nitrogen and oxygen atoms in total. The first-order valence-electron chi connectivity index (χ1n) is 12.5. The van der Waals surface area contributed by atoms with Crippen molar-refractivity contribution in [3.8, 4) is 17.2 Å². The van der Waals surface area contributed by atoms with Crippen LogP contribution < -0.4 is 19.5 Å². The van der Waals surface area contributed by atoms with E-state index in [9.17, 15) is 9.59 Å².